The molecule has 0 fully saturated rings. The van der Waals surface area contributed by atoms with E-state index in [4.69, 9.17) is 0 Å². The zero-order valence-corrected chi connectivity index (χ0v) is 24.3. The van der Waals surface area contributed by atoms with Crippen LogP contribution in [0.3, 0.4) is 0 Å². The minimum Gasteiger partial charge on any atom is -0.368 e. The Kier molecular flexibility index (Phi) is 5.33. The Morgan fingerprint density at radius 3 is 2.07 bits per heavy atom. The summed E-state index contributed by atoms with van der Waals surface area (Å²) < 4.78 is 2.46. The number of fused-ring (bicyclic) bond motifs is 3. The van der Waals surface area contributed by atoms with E-state index in [1.165, 1.54) is 66.3 Å². The van der Waals surface area contributed by atoms with E-state index >= 15 is 0 Å². The van der Waals surface area contributed by atoms with E-state index in [1.807, 2.05) is 18.2 Å². The first-order chi connectivity index (χ1) is 21.7. The molecular weight excluding hydrogens is 536 g/mol. The van der Waals surface area contributed by atoms with Crippen LogP contribution in [0.5, 0.6) is 0 Å². The Balaban J connectivity index is 1.44. The Morgan fingerprint density at radius 2 is 1.27 bits per heavy atom. The van der Waals surface area contributed by atoms with E-state index in [9.17, 15) is 4.79 Å². The lowest BCUT2D eigenvalue weighted by atomic mass is 9.86. The summed E-state index contributed by atoms with van der Waals surface area (Å²) >= 11 is 0. The molecule has 0 bridgehead atoms. The number of rotatable bonds is 4. The summed E-state index contributed by atoms with van der Waals surface area (Å²) in [6, 6.07) is 47.5. The van der Waals surface area contributed by atoms with Crippen molar-refractivity contribution in [3.05, 3.63) is 161 Å². The van der Waals surface area contributed by atoms with E-state index < -0.39 is 0 Å². The fourth-order valence-electron chi connectivity index (χ4n) is 7.55. The summed E-state index contributed by atoms with van der Waals surface area (Å²) in [6.45, 7) is 0.711. The number of aldehydes is 1. The predicted octanol–water partition coefficient (Wildman–Crippen LogP) is 9.61. The van der Waals surface area contributed by atoms with Gasteiger partial charge in [0.1, 0.15) is 0 Å². The average molecular weight is 565 g/mol. The van der Waals surface area contributed by atoms with Gasteiger partial charge < -0.3 is 9.47 Å². The third-order valence-electron chi connectivity index (χ3n) is 9.39. The molecule has 1 aliphatic heterocycles. The van der Waals surface area contributed by atoms with Gasteiger partial charge in [0.05, 0.1) is 23.5 Å². The van der Waals surface area contributed by atoms with Gasteiger partial charge in [0.2, 0.25) is 0 Å². The molecule has 0 N–H and O–H groups in total. The highest BCUT2D eigenvalue weighted by Crippen LogP contribution is 2.53. The van der Waals surface area contributed by atoms with Crippen molar-refractivity contribution in [2.75, 3.05) is 7.05 Å². The van der Waals surface area contributed by atoms with Crippen LogP contribution in [-0.4, -0.2) is 22.8 Å². The second-order valence-corrected chi connectivity index (χ2v) is 11.8. The van der Waals surface area contributed by atoms with E-state index in [0.717, 1.165) is 23.2 Å². The van der Waals surface area contributed by atoms with Crippen LogP contribution in [0.15, 0.2) is 133 Å². The van der Waals surface area contributed by atoms with Gasteiger partial charge in [0, 0.05) is 40.4 Å². The van der Waals surface area contributed by atoms with E-state index in [-0.39, 0.29) is 0 Å². The highest BCUT2D eigenvalue weighted by molar-refractivity contribution is 6.25. The second kappa shape index (κ2) is 9.42. The van der Waals surface area contributed by atoms with Gasteiger partial charge in [-0.2, -0.15) is 0 Å². The van der Waals surface area contributed by atoms with Gasteiger partial charge in [-0.25, -0.2) is 0 Å². The molecule has 1 aliphatic carbocycles. The zero-order valence-electron chi connectivity index (χ0n) is 24.3. The van der Waals surface area contributed by atoms with E-state index in [0.29, 0.717) is 12.1 Å². The Hall–Kier alpha value is -5.67. The van der Waals surface area contributed by atoms with Crippen molar-refractivity contribution >= 4 is 39.2 Å². The summed E-state index contributed by atoms with van der Waals surface area (Å²) in [5, 5.41) is 3.80. The molecule has 2 heterocycles. The number of hydrogen-bond acceptors (Lipinski definition) is 2. The van der Waals surface area contributed by atoms with E-state index in [2.05, 4.69) is 132 Å². The lowest BCUT2D eigenvalue weighted by Gasteiger charge is -2.33. The minimum absolute atomic E-state index is 0.704. The average Bonchev–Trinajstić information content (AvgIpc) is 3.34. The molecule has 208 valence electrons. The molecule has 0 unspecified atom stereocenters. The number of nitrogens with zero attached hydrogens (tertiary/aromatic N) is 2. The van der Waals surface area contributed by atoms with Crippen molar-refractivity contribution in [2.24, 2.45) is 0 Å². The van der Waals surface area contributed by atoms with Crippen LogP contribution in [0.25, 0.3) is 60.9 Å². The first-order valence-electron chi connectivity index (χ1n) is 15.1. The van der Waals surface area contributed by atoms with Gasteiger partial charge in [-0.3, -0.25) is 4.79 Å². The highest BCUT2D eigenvalue weighted by Gasteiger charge is 2.35. The number of benzene rings is 6. The maximum Gasteiger partial charge on any atom is 0.150 e. The minimum atomic E-state index is 0.704. The molecule has 0 atom stereocenters. The highest BCUT2D eigenvalue weighted by atomic mass is 16.1. The van der Waals surface area contributed by atoms with Crippen LogP contribution in [0.2, 0.25) is 0 Å². The summed E-state index contributed by atoms with van der Waals surface area (Å²) in [6.07, 6.45) is 0.985. The molecule has 0 saturated heterocycles. The van der Waals surface area contributed by atoms with Crippen molar-refractivity contribution in [1.29, 1.82) is 0 Å². The molecular formula is C41H28N2O. The maximum atomic E-state index is 12.4. The van der Waals surface area contributed by atoms with Crippen LogP contribution >= 0.6 is 0 Å². The summed E-state index contributed by atoms with van der Waals surface area (Å²) in [5.41, 5.74) is 14.9. The van der Waals surface area contributed by atoms with Crippen LogP contribution < -0.4 is 0 Å². The van der Waals surface area contributed by atoms with Crippen LogP contribution in [0, 0.1) is 0 Å². The molecule has 3 heteroatoms. The number of carbonyl (C=O) groups excluding carboxylic acids is 1. The molecule has 0 radical (unpaired) electrons. The van der Waals surface area contributed by atoms with E-state index in [1.54, 1.807) is 0 Å². The molecule has 6 aromatic carbocycles. The van der Waals surface area contributed by atoms with Gasteiger partial charge in [-0.1, -0.05) is 115 Å². The Bertz CT molecular complexity index is 2320. The summed E-state index contributed by atoms with van der Waals surface area (Å²) in [4.78, 5) is 14.7. The number of aromatic nitrogens is 1. The van der Waals surface area contributed by atoms with Gasteiger partial charge in [-0.15, -0.1) is 0 Å². The Labute approximate surface area is 255 Å². The van der Waals surface area contributed by atoms with Gasteiger partial charge in [0.15, 0.2) is 6.29 Å². The largest absolute Gasteiger partial charge is 0.368 e. The zero-order chi connectivity index (χ0) is 29.4. The number of hydrogen-bond donors (Lipinski definition) is 0. The molecule has 2 aliphatic rings. The van der Waals surface area contributed by atoms with Gasteiger partial charge in [0.25, 0.3) is 0 Å². The third kappa shape index (κ3) is 3.41. The first kappa shape index (κ1) is 24.9. The van der Waals surface area contributed by atoms with Gasteiger partial charge in [-0.05, 0) is 56.8 Å². The van der Waals surface area contributed by atoms with Crippen LogP contribution in [0.4, 0.5) is 0 Å². The molecule has 0 saturated carbocycles. The number of carbonyl (C=O) groups is 1. The second-order valence-electron chi connectivity index (χ2n) is 11.8. The van der Waals surface area contributed by atoms with Crippen molar-refractivity contribution in [2.45, 2.75) is 6.54 Å². The molecule has 3 nitrogen and oxygen atoms in total. The summed E-state index contributed by atoms with van der Waals surface area (Å²) in [5.74, 6) is 0. The predicted molar refractivity (Wildman–Crippen MR) is 181 cm³/mol. The monoisotopic (exact) mass is 564 g/mol. The molecule has 0 spiro atoms. The lowest BCUT2D eigenvalue weighted by Crippen LogP contribution is -2.25. The Morgan fingerprint density at radius 1 is 0.591 bits per heavy atom. The quantitative estimate of drug-likeness (QED) is 0.199. The molecule has 9 rings (SSSR count). The standard InChI is InChI=1S/C41H28N2O/c1-42-24-36-40-38(41(42)31-14-6-5-12-29(31)25-44)34-16-8-7-15-32(34)33-17-9-13-28-20-23-35(39(40)37(28)33)43(36)30-21-18-27(19-22-30)26-10-3-2-4-11-26/h2-23,25H,24H2,1H3. The van der Waals surface area contributed by atoms with Crippen LogP contribution in [-0.2, 0) is 6.54 Å². The van der Waals surface area contributed by atoms with Gasteiger partial charge >= 0.3 is 0 Å². The molecule has 44 heavy (non-hydrogen) atoms. The third-order valence-corrected chi connectivity index (χ3v) is 9.39. The van der Waals surface area contributed by atoms with Crippen molar-refractivity contribution in [1.82, 2.24) is 9.47 Å². The fourth-order valence-corrected chi connectivity index (χ4v) is 7.55. The lowest BCUT2D eigenvalue weighted by molar-refractivity contribution is 0.112. The molecule has 1 aromatic heterocycles. The molecule has 0 amide bonds. The van der Waals surface area contributed by atoms with Crippen molar-refractivity contribution in [3.63, 3.8) is 0 Å². The normalized spacial score (nSPS) is 13.4. The SMILES string of the molecule is CN1Cc2c3c4c5c(cccc5ccc4n2-c2ccc(-c4ccccc4)cc2)-c2ccccc2C3=C1c1ccccc1C=O. The maximum absolute atomic E-state index is 12.4. The van der Waals surface area contributed by atoms with Crippen molar-refractivity contribution < 1.29 is 4.79 Å². The summed E-state index contributed by atoms with van der Waals surface area (Å²) in [7, 11) is 2.16. The van der Waals surface area contributed by atoms with Crippen LogP contribution in [0.1, 0.15) is 32.7 Å². The van der Waals surface area contributed by atoms with Crippen molar-refractivity contribution in [3.8, 4) is 27.9 Å². The topological polar surface area (TPSA) is 25.2 Å². The smallest absolute Gasteiger partial charge is 0.150 e. The first-order valence-corrected chi connectivity index (χ1v) is 15.1. The fraction of sp³-hybridized carbons (Fsp3) is 0.0488. The molecule has 7 aromatic rings.